The number of imidazole rings is 1. The number of H-pyrrole nitrogens is 1. The van der Waals surface area contributed by atoms with Gasteiger partial charge in [0, 0.05) is 24.7 Å². The number of carbonyl (C=O) groups is 9. The maximum atomic E-state index is 13.6. The van der Waals surface area contributed by atoms with E-state index >= 15 is 0 Å². The van der Waals surface area contributed by atoms with E-state index in [1.807, 2.05) is 0 Å². The number of carboxylic acid groups (broad SMARTS) is 2. The van der Waals surface area contributed by atoms with Crippen LogP contribution in [0.4, 0.5) is 0 Å². The lowest BCUT2D eigenvalue weighted by Crippen LogP contribution is -2.59. The Balaban J connectivity index is 3.16. The SMILES string of the molecule is CC(C)C[C@H](NC(=O)[C@@H](N)CC(=O)O)C(=O)N[C@@H](C)C(=O)N[C@@H](CCC(N)=O)C(=O)N[C@@H](Cc1cnc[nH]1)C(=O)N[C@@H](C)C(=O)N[C@H](C(=O)O)C(C)C. The van der Waals surface area contributed by atoms with E-state index in [0.717, 1.165) is 0 Å². The molecule has 0 saturated carbocycles. The number of hydrogen-bond donors (Lipinski definition) is 11. The van der Waals surface area contributed by atoms with Crippen molar-refractivity contribution >= 4 is 53.3 Å². The Morgan fingerprint density at radius 3 is 1.70 bits per heavy atom. The first kappa shape index (κ1) is 45.4. The fraction of sp³-hybridized carbons (Fsp3) is 0.625. The molecule has 0 aliphatic heterocycles. The molecule has 13 N–H and O–H groups in total. The number of aliphatic carboxylic acids is 2. The van der Waals surface area contributed by atoms with E-state index in [1.54, 1.807) is 27.7 Å². The smallest absolute Gasteiger partial charge is 0.326 e. The summed E-state index contributed by atoms with van der Waals surface area (Å²) in [5.74, 6) is -9.15. The topological polar surface area (TPSA) is 347 Å². The van der Waals surface area contributed by atoms with Crippen LogP contribution in [0.3, 0.4) is 0 Å². The number of primary amides is 1. The summed E-state index contributed by atoms with van der Waals surface area (Å²) in [6, 6.07) is -9.25. The number of hydrogen-bond acceptors (Lipinski definition) is 11. The van der Waals surface area contributed by atoms with Crippen molar-refractivity contribution in [1.82, 2.24) is 41.9 Å². The van der Waals surface area contributed by atoms with E-state index in [1.165, 1.54) is 26.4 Å². The summed E-state index contributed by atoms with van der Waals surface area (Å²) < 4.78 is 0. The molecule has 0 aliphatic rings. The normalized spacial score (nSPS) is 15.0. The van der Waals surface area contributed by atoms with Crippen LogP contribution in [0, 0.1) is 11.8 Å². The van der Waals surface area contributed by atoms with Gasteiger partial charge >= 0.3 is 11.9 Å². The molecule has 0 spiro atoms. The minimum absolute atomic E-state index is 0.104. The highest BCUT2D eigenvalue weighted by Crippen LogP contribution is 2.08. The fourth-order valence-electron chi connectivity index (χ4n) is 4.76. The maximum absolute atomic E-state index is 13.6. The third-order valence-electron chi connectivity index (χ3n) is 7.73. The van der Waals surface area contributed by atoms with Crippen LogP contribution in [0.2, 0.25) is 0 Å². The molecule has 1 rings (SSSR count). The Morgan fingerprint density at radius 1 is 0.717 bits per heavy atom. The molecule has 7 amide bonds. The number of carboxylic acids is 2. The zero-order chi connectivity index (χ0) is 40.6. The number of aromatic amines is 1. The van der Waals surface area contributed by atoms with E-state index in [4.69, 9.17) is 16.6 Å². The largest absolute Gasteiger partial charge is 0.481 e. The van der Waals surface area contributed by atoms with Crippen LogP contribution in [0.5, 0.6) is 0 Å². The van der Waals surface area contributed by atoms with Crippen LogP contribution < -0.4 is 43.4 Å². The van der Waals surface area contributed by atoms with Gasteiger partial charge in [0.2, 0.25) is 41.4 Å². The number of carbonyl (C=O) groups excluding carboxylic acids is 7. The minimum atomic E-state index is -1.46. The van der Waals surface area contributed by atoms with Crippen molar-refractivity contribution in [1.29, 1.82) is 0 Å². The zero-order valence-corrected chi connectivity index (χ0v) is 30.6. The molecule has 0 aliphatic carbocycles. The molecule has 0 fully saturated rings. The summed E-state index contributed by atoms with van der Waals surface area (Å²) >= 11 is 0. The molecule has 0 saturated heterocycles. The minimum Gasteiger partial charge on any atom is -0.481 e. The van der Waals surface area contributed by atoms with Gasteiger partial charge in [-0.25, -0.2) is 9.78 Å². The quantitative estimate of drug-likeness (QED) is 0.0524. The van der Waals surface area contributed by atoms with Gasteiger partial charge in [0.25, 0.3) is 0 Å². The van der Waals surface area contributed by atoms with E-state index in [0.29, 0.717) is 5.69 Å². The Bertz CT molecular complexity index is 1470. The van der Waals surface area contributed by atoms with Crippen LogP contribution in [0.1, 0.15) is 72.9 Å². The van der Waals surface area contributed by atoms with Crippen LogP contribution in [0.15, 0.2) is 12.5 Å². The van der Waals surface area contributed by atoms with Gasteiger partial charge < -0.3 is 58.6 Å². The zero-order valence-electron chi connectivity index (χ0n) is 30.6. The Kier molecular flexibility index (Phi) is 18.6. The molecule has 53 heavy (non-hydrogen) atoms. The number of nitrogens with zero attached hydrogens (tertiary/aromatic N) is 1. The van der Waals surface area contributed by atoms with Crippen LogP contribution in [-0.2, 0) is 49.6 Å². The standard InChI is InChI=1S/C32H52N10O11/c1-14(2)9-21(40-28(48)19(33)11-24(44)45)30(50)37-16(5)26(46)39-20(7-8-23(34)43)29(49)41-22(10-18-12-35-13-36-18)31(51)38-17(6)27(47)42-25(15(3)4)32(52)53/h12-17,19-22,25H,7-11,33H2,1-6H3,(H2,34,43)(H,35,36)(H,37,50)(H,38,51)(H,39,46)(H,40,48)(H,41,49)(H,42,47)(H,44,45)(H,52,53)/t16-,17-,19-,20-,21-,22-,25-/m0/s1. The predicted octanol–water partition coefficient (Wildman–Crippen LogP) is -3.25. The van der Waals surface area contributed by atoms with Gasteiger partial charge in [-0.3, -0.25) is 38.4 Å². The van der Waals surface area contributed by atoms with E-state index in [9.17, 15) is 48.3 Å². The summed E-state index contributed by atoms with van der Waals surface area (Å²) in [6.07, 6.45) is 1.28. The molecule has 0 aromatic carbocycles. The molecular formula is C32H52N10O11. The molecule has 1 heterocycles. The van der Waals surface area contributed by atoms with Gasteiger partial charge in [-0.05, 0) is 38.5 Å². The summed E-state index contributed by atoms with van der Waals surface area (Å²) in [4.78, 5) is 119. The molecule has 1 aromatic rings. The van der Waals surface area contributed by atoms with Crippen molar-refractivity contribution in [2.24, 2.45) is 23.3 Å². The number of nitrogens with one attached hydrogen (secondary N) is 7. The van der Waals surface area contributed by atoms with E-state index in [-0.39, 0.29) is 31.6 Å². The van der Waals surface area contributed by atoms with Gasteiger partial charge in [-0.15, -0.1) is 0 Å². The average molecular weight is 753 g/mol. The average Bonchev–Trinajstić information content (AvgIpc) is 3.56. The molecule has 21 heteroatoms. The van der Waals surface area contributed by atoms with E-state index < -0.39 is 108 Å². The first-order valence-electron chi connectivity index (χ1n) is 16.9. The number of aromatic nitrogens is 2. The monoisotopic (exact) mass is 752 g/mol. The third kappa shape index (κ3) is 16.5. The number of nitrogens with two attached hydrogens (primary N) is 2. The Morgan fingerprint density at radius 2 is 1.23 bits per heavy atom. The van der Waals surface area contributed by atoms with Gasteiger partial charge in [0.05, 0.1) is 18.8 Å². The number of rotatable bonds is 23. The molecule has 296 valence electrons. The highest BCUT2D eigenvalue weighted by molar-refractivity contribution is 5.97. The van der Waals surface area contributed by atoms with E-state index in [2.05, 4.69) is 41.9 Å². The molecule has 0 radical (unpaired) electrons. The van der Waals surface area contributed by atoms with Crippen LogP contribution in [-0.4, -0.2) is 116 Å². The van der Waals surface area contributed by atoms with Crippen molar-refractivity contribution in [3.63, 3.8) is 0 Å². The summed E-state index contributed by atoms with van der Waals surface area (Å²) in [6.45, 7) is 9.31. The highest BCUT2D eigenvalue weighted by atomic mass is 16.4. The highest BCUT2D eigenvalue weighted by Gasteiger charge is 2.33. The second kappa shape index (κ2) is 21.7. The van der Waals surface area contributed by atoms with Gasteiger partial charge in [-0.2, -0.15) is 0 Å². The van der Waals surface area contributed by atoms with Crippen molar-refractivity contribution in [3.05, 3.63) is 18.2 Å². The summed E-state index contributed by atoms with van der Waals surface area (Å²) in [5.41, 5.74) is 11.3. The molecule has 7 atom stereocenters. The number of amides is 7. The maximum Gasteiger partial charge on any atom is 0.326 e. The third-order valence-corrected chi connectivity index (χ3v) is 7.73. The lowest BCUT2D eigenvalue weighted by molar-refractivity contribution is -0.143. The predicted molar refractivity (Wildman–Crippen MR) is 186 cm³/mol. The second-order valence-corrected chi connectivity index (χ2v) is 13.3. The van der Waals surface area contributed by atoms with Gasteiger partial charge in [-0.1, -0.05) is 27.7 Å². The van der Waals surface area contributed by atoms with Gasteiger partial charge in [0.1, 0.15) is 36.3 Å². The molecule has 21 nitrogen and oxygen atoms in total. The van der Waals surface area contributed by atoms with Crippen molar-refractivity contribution < 1.29 is 53.4 Å². The van der Waals surface area contributed by atoms with Crippen LogP contribution in [0.25, 0.3) is 0 Å². The lowest BCUT2D eigenvalue weighted by Gasteiger charge is -2.26. The lowest BCUT2D eigenvalue weighted by atomic mass is 10.0. The first-order valence-corrected chi connectivity index (χ1v) is 16.9. The van der Waals surface area contributed by atoms with Crippen LogP contribution >= 0.6 is 0 Å². The molecular weight excluding hydrogens is 700 g/mol. The molecule has 1 aromatic heterocycles. The van der Waals surface area contributed by atoms with Crippen molar-refractivity contribution in [2.75, 3.05) is 0 Å². The summed E-state index contributed by atoms with van der Waals surface area (Å²) in [5, 5.41) is 32.9. The van der Waals surface area contributed by atoms with Crippen molar-refractivity contribution in [2.45, 2.75) is 116 Å². The molecule has 0 unspecified atom stereocenters. The summed E-state index contributed by atoms with van der Waals surface area (Å²) in [7, 11) is 0. The first-order chi connectivity index (χ1) is 24.6. The molecule has 0 bridgehead atoms. The fourth-order valence-corrected chi connectivity index (χ4v) is 4.76. The van der Waals surface area contributed by atoms with Crippen molar-refractivity contribution in [3.8, 4) is 0 Å². The second-order valence-electron chi connectivity index (χ2n) is 13.3. The Hall–Kier alpha value is -5.60. The Labute approximate surface area is 305 Å². The van der Waals surface area contributed by atoms with Gasteiger partial charge in [0.15, 0.2) is 0 Å².